The normalized spacial score (nSPS) is 25.9. The summed E-state index contributed by atoms with van der Waals surface area (Å²) in [4.78, 5) is 58.3. The van der Waals surface area contributed by atoms with Crippen LogP contribution in [0.4, 0.5) is 0 Å². The summed E-state index contributed by atoms with van der Waals surface area (Å²) in [7, 11) is 0. The molecule has 0 radical (unpaired) electrons. The number of carboxylic acid groups (broad SMARTS) is 2. The third-order valence-electron chi connectivity index (χ3n) is 12.3. The fourth-order valence-corrected chi connectivity index (χ4v) is 9.43. The number of nitrogens with two attached hydrogens (primary N) is 4. The van der Waals surface area contributed by atoms with Gasteiger partial charge in [-0.05, 0) is 43.4 Å². The number of aliphatic imine (C=N–C) groups is 2. The number of carbonyl (C=O) groups is 4. The lowest BCUT2D eigenvalue weighted by molar-refractivity contribution is -0.143. The molecule has 2 rings (SSSR count). The van der Waals surface area contributed by atoms with Crippen LogP contribution in [0.15, 0.2) is 9.98 Å². The van der Waals surface area contributed by atoms with E-state index in [-0.39, 0.29) is 72.3 Å². The summed E-state index contributed by atoms with van der Waals surface area (Å²) in [5.74, 6) is -4.08. The van der Waals surface area contributed by atoms with E-state index in [1.165, 1.54) is 13.8 Å². The Bertz CT molecular complexity index is 1240. The molecule has 334 valence electrons. The highest BCUT2D eigenvalue weighted by Gasteiger charge is 2.52. The largest absolute Gasteiger partial charge is 0.481 e. The molecule has 10 atom stereocenters. The van der Waals surface area contributed by atoms with Crippen LogP contribution >= 0.6 is 0 Å². The summed E-state index contributed by atoms with van der Waals surface area (Å²) in [6.45, 7) is 15.9. The van der Waals surface area contributed by atoms with E-state index >= 15 is 0 Å². The van der Waals surface area contributed by atoms with Crippen molar-refractivity contribution < 1.29 is 38.9 Å². The monoisotopic (exact) mass is 825 g/mol. The van der Waals surface area contributed by atoms with Gasteiger partial charge in [-0.15, -0.1) is 0 Å². The molecule has 0 saturated heterocycles. The second kappa shape index (κ2) is 25.7. The molecule has 0 heterocycles. The number of ether oxygens (including phenoxy) is 2. The minimum Gasteiger partial charge on any atom is -0.481 e. The maximum atomic E-state index is 12.4. The molecule has 0 aromatic heterocycles. The lowest BCUT2D eigenvalue weighted by Gasteiger charge is -2.37. The maximum Gasteiger partial charge on any atom is 0.308 e. The van der Waals surface area contributed by atoms with Crippen LogP contribution in [0, 0.1) is 41.4 Å². The van der Waals surface area contributed by atoms with Crippen molar-refractivity contribution in [3.63, 3.8) is 0 Å². The Labute approximate surface area is 345 Å². The molecule has 2 saturated carbocycles. The van der Waals surface area contributed by atoms with Gasteiger partial charge in [0.1, 0.15) is 0 Å². The quantitative estimate of drug-likeness (QED) is 0.0299. The molecule has 0 aromatic carbocycles. The van der Waals surface area contributed by atoms with Gasteiger partial charge in [0.05, 0.1) is 37.1 Å². The molecule has 18 nitrogen and oxygen atoms in total. The topological polar surface area (TPSA) is 304 Å². The third-order valence-corrected chi connectivity index (χ3v) is 12.3. The summed E-state index contributed by atoms with van der Waals surface area (Å²) in [6.07, 6.45) is 5.31. The minimum atomic E-state index is -0.939. The number of aliphatic carboxylic acids is 2. The highest BCUT2D eigenvalue weighted by molar-refractivity contribution is 5.78. The van der Waals surface area contributed by atoms with E-state index in [9.17, 15) is 29.4 Å². The van der Waals surface area contributed by atoms with Crippen molar-refractivity contribution in [2.45, 2.75) is 136 Å². The Balaban J connectivity index is 1.91. The van der Waals surface area contributed by atoms with Crippen molar-refractivity contribution in [2.24, 2.45) is 74.3 Å². The maximum absolute atomic E-state index is 12.4. The number of hydrogen-bond acceptors (Lipinski definition) is 10. The van der Waals surface area contributed by atoms with E-state index in [0.29, 0.717) is 45.4 Å². The summed E-state index contributed by atoms with van der Waals surface area (Å²) < 4.78 is 11.9. The summed E-state index contributed by atoms with van der Waals surface area (Å²) in [6, 6.07) is -2.51. The molecule has 2 amide bonds. The van der Waals surface area contributed by atoms with Crippen molar-refractivity contribution in [1.29, 1.82) is 0 Å². The molecule has 18 heteroatoms. The van der Waals surface area contributed by atoms with Crippen molar-refractivity contribution >= 4 is 35.7 Å². The zero-order valence-corrected chi connectivity index (χ0v) is 36.0. The molecule has 58 heavy (non-hydrogen) atoms. The lowest BCUT2D eigenvalue weighted by atomic mass is 9.79. The van der Waals surface area contributed by atoms with Crippen LogP contribution in [-0.2, 0) is 28.7 Å². The van der Waals surface area contributed by atoms with Gasteiger partial charge in [0.2, 0.25) is 11.8 Å². The van der Waals surface area contributed by atoms with Crippen molar-refractivity contribution in [2.75, 3.05) is 39.5 Å². The smallest absolute Gasteiger partial charge is 0.308 e. The van der Waals surface area contributed by atoms with Gasteiger partial charge < -0.3 is 63.9 Å². The molecule has 0 bridgehead atoms. The van der Waals surface area contributed by atoms with E-state index in [2.05, 4.69) is 65.9 Å². The van der Waals surface area contributed by atoms with Gasteiger partial charge in [-0.3, -0.25) is 19.2 Å². The summed E-state index contributed by atoms with van der Waals surface area (Å²) in [5.41, 5.74) is 23.1. The highest BCUT2D eigenvalue weighted by atomic mass is 16.5. The molecular formula is C40H76N10O8. The molecule has 2 aliphatic carbocycles. The standard InChI is InChI=1S/C40H76N10O8/c1-8-25(9-2)33(47-23(6)51)31-29(49-39(41)42)20-27(37(53)54)35(31)45-14-18-57-16-12-22(5)13-17-58-19-15-46-36-28(38(55)56)21-30(50-40(43)44)32(36)34(48-24(7)52)26(10-3)11-4/h22,25-36,45-46H,8-21H2,1-7H3,(H,47,51)(H,48,52)(H,53,54)(H,55,56)(H4,41,42,49)(H4,43,44,50)/t27-,28-,29+,30+,31+,32+,33+,34+,35+,36+/m0/s1. The fraction of sp³-hybridized carbons (Fsp3) is 0.850. The summed E-state index contributed by atoms with van der Waals surface area (Å²) >= 11 is 0. The third kappa shape index (κ3) is 15.5. The number of carboxylic acids is 2. The second-order valence-corrected chi connectivity index (χ2v) is 16.2. The van der Waals surface area contributed by atoms with E-state index in [1.54, 1.807) is 0 Å². The molecule has 0 aliphatic heterocycles. The van der Waals surface area contributed by atoms with Crippen molar-refractivity contribution in [1.82, 2.24) is 21.3 Å². The predicted molar refractivity (Wildman–Crippen MR) is 225 cm³/mol. The van der Waals surface area contributed by atoms with Crippen molar-refractivity contribution in [3.8, 4) is 0 Å². The van der Waals surface area contributed by atoms with Gasteiger partial charge in [0.15, 0.2) is 11.9 Å². The number of rotatable bonds is 28. The number of nitrogens with zero attached hydrogens (tertiary/aromatic N) is 2. The zero-order valence-electron chi connectivity index (χ0n) is 36.0. The fourth-order valence-electron chi connectivity index (χ4n) is 9.43. The van der Waals surface area contributed by atoms with Gasteiger partial charge in [0.25, 0.3) is 0 Å². The van der Waals surface area contributed by atoms with Gasteiger partial charge >= 0.3 is 11.9 Å². The molecule has 0 aromatic rings. The van der Waals surface area contributed by atoms with Gasteiger partial charge in [-0.25, -0.2) is 9.98 Å². The van der Waals surface area contributed by atoms with Crippen LogP contribution in [0.5, 0.6) is 0 Å². The van der Waals surface area contributed by atoms with Gasteiger partial charge in [-0.2, -0.15) is 0 Å². The molecule has 0 spiro atoms. The number of nitrogens with one attached hydrogen (secondary N) is 4. The van der Waals surface area contributed by atoms with E-state index in [4.69, 9.17) is 32.4 Å². The Morgan fingerprint density at radius 1 is 0.638 bits per heavy atom. The molecule has 14 N–H and O–H groups in total. The first kappa shape index (κ1) is 50.4. The molecule has 2 aliphatic rings. The first-order valence-electron chi connectivity index (χ1n) is 21.3. The molecule has 2 fully saturated rings. The number of amides is 2. The average molecular weight is 825 g/mol. The second-order valence-electron chi connectivity index (χ2n) is 16.2. The number of guanidine groups is 2. The van der Waals surface area contributed by atoms with Crippen molar-refractivity contribution in [3.05, 3.63) is 0 Å². The van der Waals surface area contributed by atoms with Crippen LogP contribution in [0.25, 0.3) is 0 Å². The minimum absolute atomic E-state index is 0.110. The Hall–Kier alpha value is -3.74. The van der Waals surface area contributed by atoms with Crippen LogP contribution in [0.2, 0.25) is 0 Å². The van der Waals surface area contributed by atoms with Crippen LogP contribution < -0.4 is 44.2 Å². The SMILES string of the molecule is CCC(CC)[C@@H](NC(C)=O)[C@@H]1[C@H](NCCOCCC(C)CCOCCN[C@H]2[C@@H]([C@H](NC(C)=O)C(CC)CC)[C@H](N=C(N)N)C[C@@H]2C(=O)O)[C@@H](C(=O)O)C[C@H]1N=C(N)N. The molecular weight excluding hydrogens is 749 g/mol. The van der Waals surface area contributed by atoms with E-state index < -0.39 is 47.9 Å². The van der Waals surface area contributed by atoms with Gasteiger partial charge in [-0.1, -0.05) is 60.3 Å². The van der Waals surface area contributed by atoms with Crippen LogP contribution in [0.1, 0.15) is 99.8 Å². The summed E-state index contributed by atoms with van der Waals surface area (Å²) in [5, 5.41) is 33.4. The Kier molecular flexibility index (Phi) is 22.3. The van der Waals surface area contributed by atoms with E-state index in [0.717, 1.165) is 38.5 Å². The lowest BCUT2D eigenvalue weighted by Crippen LogP contribution is -2.55. The molecule has 0 unspecified atom stereocenters. The van der Waals surface area contributed by atoms with Gasteiger partial charge in [0, 0.05) is 76.2 Å². The first-order chi connectivity index (χ1) is 27.5. The number of hydrogen-bond donors (Lipinski definition) is 10. The number of carbonyl (C=O) groups excluding carboxylic acids is 2. The van der Waals surface area contributed by atoms with Crippen LogP contribution in [0.3, 0.4) is 0 Å². The zero-order chi connectivity index (χ0) is 43.5. The first-order valence-corrected chi connectivity index (χ1v) is 21.3. The highest BCUT2D eigenvalue weighted by Crippen LogP contribution is 2.41. The Morgan fingerprint density at radius 3 is 1.26 bits per heavy atom. The average Bonchev–Trinajstić information content (AvgIpc) is 3.67. The predicted octanol–water partition coefficient (Wildman–Crippen LogP) is 0.960. The van der Waals surface area contributed by atoms with Crippen LogP contribution in [-0.4, -0.2) is 122 Å². The Morgan fingerprint density at radius 2 is 0.983 bits per heavy atom. The van der Waals surface area contributed by atoms with E-state index in [1.807, 2.05) is 0 Å².